The number of nitriles is 1. The molecule has 0 aliphatic carbocycles. The summed E-state index contributed by atoms with van der Waals surface area (Å²) in [7, 11) is 0. The summed E-state index contributed by atoms with van der Waals surface area (Å²) >= 11 is 8.13. The number of hydrogen-bond donors (Lipinski definition) is 2. The van der Waals surface area contributed by atoms with E-state index in [4.69, 9.17) is 11.6 Å². The predicted octanol–water partition coefficient (Wildman–Crippen LogP) is 6.62. The first-order valence-corrected chi connectivity index (χ1v) is 11.1. The number of carbonyl (C=O) groups excluding carboxylic acids is 1. The van der Waals surface area contributed by atoms with E-state index in [2.05, 4.69) is 33.5 Å². The van der Waals surface area contributed by atoms with Crippen molar-refractivity contribution in [1.82, 2.24) is 4.98 Å². The van der Waals surface area contributed by atoms with Crippen molar-refractivity contribution < 1.29 is 4.79 Å². The standard InChI is InChI=1S/C26H17ClN4OS/c1-2-6-25(32)30-18-9-11-23-21(13-18)26(17(15-28)16-29-23)31-19-10-12-24(22(27)14-19)33-20-7-4-3-5-8-20/h3-5,7-14,16H,1H3,(H,29,31)(H,30,32). The Labute approximate surface area is 200 Å². The normalized spacial score (nSPS) is 10.1. The molecule has 0 aliphatic rings. The molecule has 0 saturated carbocycles. The van der Waals surface area contributed by atoms with Crippen LogP contribution in [0.25, 0.3) is 10.9 Å². The summed E-state index contributed by atoms with van der Waals surface area (Å²) in [5.41, 5.74) is 2.92. The number of aromatic nitrogens is 1. The van der Waals surface area contributed by atoms with Crippen LogP contribution < -0.4 is 10.6 Å². The van der Waals surface area contributed by atoms with Crippen LogP contribution in [0.1, 0.15) is 12.5 Å². The lowest BCUT2D eigenvalue weighted by atomic mass is 10.1. The fourth-order valence-electron chi connectivity index (χ4n) is 3.19. The van der Waals surface area contributed by atoms with Crippen LogP contribution in [-0.4, -0.2) is 10.9 Å². The number of pyridine rings is 1. The monoisotopic (exact) mass is 468 g/mol. The molecule has 1 heterocycles. The molecule has 0 unspecified atom stereocenters. The van der Waals surface area contributed by atoms with Gasteiger partial charge < -0.3 is 10.6 Å². The van der Waals surface area contributed by atoms with Crippen molar-refractivity contribution in [2.24, 2.45) is 0 Å². The number of halogens is 1. The van der Waals surface area contributed by atoms with Gasteiger partial charge in [-0.15, -0.1) is 0 Å². The van der Waals surface area contributed by atoms with Gasteiger partial charge >= 0.3 is 0 Å². The number of amides is 1. The van der Waals surface area contributed by atoms with Gasteiger partial charge in [0.2, 0.25) is 0 Å². The molecule has 4 aromatic rings. The molecular formula is C26H17ClN4OS. The molecule has 3 aromatic carbocycles. The van der Waals surface area contributed by atoms with E-state index >= 15 is 0 Å². The third-order valence-electron chi connectivity index (χ3n) is 4.66. The highest BCUT2D eigenvalue weighted by molar-refractivity contribution is 7.99. The smallest absolute Gasteiger partial charge is 0.300 e. The van der Waals surface area contributed by atoms with Crippen LogP contribution in [0, 0.1) is 23.2 Å². The van der Waals surface area contributed by atoms with Crippen molar-refractivity contribution in [2.45, 2.75) is 16.7 Å². The Kier molecular flexibility index (Phi) is 6.80. The molecule has 1 aromatic heterocycles. The number of hydrogen-bond acceptors (Lipinski definition) is 5. The fourth-order valence-corrected chi connectivity index (χ4v) is 4.32. The highest BCUT2D eigenvalue weighted by Crippen LogP contribution is 2.37. The summed E-state index contributed by atoms with van der Waals surface area (Å²) in [5.74, 6) is 4.61. The van der Waals surface area contributed by atoms with Crippen molar-refractivity contribution in [3.05, 3.63) is 83.5 Å². The molecule has 1 amide bonds. The van der Waals surface area contributed by atoms with Crippen LogP contribution in [0.5, 0.6) is 0 Å². The van der Waals surface area contributed by atoms with Gasteiger partial charge in [-0.3, -0.25) is 9.78 Å². The number of anilines is 3. The van der Waals surface area contributed by atoms with Gasteiger partial charge in [-0.05, 0) is 61.4 Å². The zero-order valence-electron chi connectivity index (χ0n) is 17.5. The van der Waals surface area contributed by atoms with Crippen LogP contribution >= 0.6 is 23.4 Å². The summed E-state index contributed by atoms with van der Waals surface area (Å²) in [6.45, 7) is 1.60. The first-order chi connectivity index (χ1) is 16.1. The minimum Gasteiger partial charge on any atom is -0.354 e. The van der Waals surface area contributed by atoms with Gasteiger partial charge in [-0.1, -0.05) is 47.5 Å². The van der Waals surface area contributed by atoms with E-state index in [1.807, 2.05) is 48.5 Å². The maximum Gasteiger partial charge on any atom is 0.300 e. The summed E-state index contributed by atoms with van der Waals surface area (Å²) in [6, 6.07) is 23.1. The molecule has 4 rings (SSSR count). The average molecular weight is 469 g/mol. The Balaban J connectivity index is 1.68. The molecule has 0 bridgehead atoms. The lowest BCUT2D eigenvalue weighted by molar-refractivity contribution is -0.111. The Hall–Kier alpha value is -3.97. The molecule has 0 radical (unpaired) electrons. The van der Waals surface area contributed by atoms with Crippen molar-refractivity contribution in [3.63, 3.8) is 0 Å². The first-order valence-electron chi connectivity index (χ1n) is 9.93. The quantitative estimate of drug-likeness (QED) is 0.322. The van der Waals surface area contributed by atoms with Gasteiger partial charge in [0.1, 0.15) is 6.07 Å². The maximum absolute atomic E-state index is 11.9. The Morgan fingerprint density at radius 2 is 1.85 bits per heavy atom. The van der Waals surface area contributed by atoms with Gasteiger partial charge in [0, 0.05) is 32.7 Å². The SMILES string of the molecule is CC#CC(=O)Nc1ccc2ncc(C#N)c(Nc3ccc(Sc4ccccc4)c(Cl)c3)c2c1. The van der Waals surface area contributed by atoms with Gasteiger partial charge in [-0.2, -0.15) is 5.26 Å². The molecule has 160 valence electrons. The number of nitrogens with zero attached hydrogens (tertiary/aromatic N) is 2. The third-order valence-corrected chi connectivity index (χ3v) is 6.17. The molecule has 0 spiro atoms. The molecule has 0 atom stereocenters. The lowest BCUT2D eigenvalue weighted by Gasteiger charge is -2.14. The van der Waals surface area contributed by atoms with Gasteiger partial charge in [0.25, 0.3) is 5.91 Å². The number of rotatable bonds is 5. The van der Waals surface area contributed by atoms with E-state index in [0.29, 0.717) is 32.9 Å². The second kappa shape index (κ2) is 10.1. The molecule has 2 N–H and O–H groups in total. The maximum atomic E-state index is 11.9. The van der Waals surface area contributed by atoms with E-state index in [1.54, 1.807) is 36.9 Å². The van der Waals surface area contributed by atoms with Crippen LogP contribution in [0.2, 0.25) is 5.02 Å². The third kappa shape index (κ3) is 5.27. The second-order valence-electron chi connectivity index (χ2n) is 6.91. The van der Waals surface area contributed by atoms with Crippen molar-refractivity contribution in [1.29, 1.82) is 5.26 Å². The molecule has 5 nitrogen and oxygen atoms in total. The molecular weight excluding hydrogens is 452 g/mol. The summed E-state index contributed by atoms with van der Waals surface area (Å²) < 4.78 is 0. The zero-order valence-corrected chi connectivity index (χ0v) is 19.1. The van der Waals surface area contributed by atoms with Gasteiger partial charge in [0.15, 0.2) is 0 Å². The van der Waals surface area contributed by atoms with E-state index in [9.17, 15) is 10.1 Å². The Morgan fingerprint density at radius 1 is 1.06 bits per heavy atom. The average Bonchev–Trinajstić information content (AvgIpc) is 2.82. The second-order valence-corrected chi connectivity index (χ2v) is 8.43. The molecule has 33 heavy (non-hydrogen) atoms. The molecule has 0 saturated heterocycles. The number of nitrogens with one attached hydrogen (secondary N) is 2. The summed E-state index contributed by atoms with van der Waals surface area (Å²) in [6.07, 6.45) is 1.52. The Bertz CT molecular complexity index is 1450. The number of carbonyl (C=O) groups is 1. The van der Waals surface area contributed by atoms with Crippen LogP contribution in [-0.2, 0) is 4.79 Å². The summed E-state index contributed by atoms with van der Waals surface area (Å²) in [5, 5.41) is 17.0. The zero-order chi connectivity index (χ0) is 23.2. The largest absolute Gasteiger partial charge is 0.354 e. The minimum atomic E-state index is -0.408. The van der Waals surface area contributed by atoms with Crippen molar-refractivity contribution in [3.8, 4) is 17.9 Å². The van der Waals surface area contributed by atoms with E-state index in [-0.39, 0.29) is 0 Å². The number of benzene rings is 3. The van der Waals surface area contributed by atoms with Gasteiger partial charge in [0.05, 0.1) is 21.8 Å². The van der Waals surface area contributed by atoms with Crippen LogP contribution in [0.4, 0.5) is 17.1 Å². The molecule has 0 aliphatic heterocycles. The lowest BCUT2D eigenvalue weighted by Crippen LogP contribution is -2.08. The highest BCUT2D eigenvalue weighted by atomic mass is 35.5. The summed E-state index contributed by atoms with van der Waals surface area (Å²) in [4.78, 5) is 18.2. The highest BCUT2D eigenvalue weighted by Gasteiger charge is 2.12. The molecule has 0 fully saturated rings. The van der Waals surface area contributed by atoms with E-state index < -0.39 is 5.91 Å². The predicted molar refractivity (Wildman–Crippen MR) is 134 cm³/mol. The topological polar surface area (TPSA) is 77.8 Å². The number of fused-ring (bicyclic) bond motifs is 1. The van der Waals surface area contributed by atoms with E-state index in [0.717, 1.165) is 15.5 Å². The van der Waals surface area contributed by atoms with Crippen LogP contribution in [0.15, 0.2) is 82.7 Å². The Morgan fingerprint density at radius 3 is 2.58 bits per heavy atom. The fraction of sp³-hybridized carbons (Fsp3) is 0.0385. The van der Waals surface area contributed by atoms with Crippen molar-refractivity contribution >= 4 is 57.2 Å². The van der Waals surface area contributed by atoms with E-state index in [1.165, 1.54) is 6.20 Å². The molecule has 7 heteroatoms. The van der Waals surface area contributed by atoms with Gasteiger partial charge in [-0.25, -0.2) is 0 Å². The minimum absolute atomic E-state index is 0.373. The van der Waals surface area contributed by atoms with Crippen LogP contribution in [0.3, 0.4) is 0 Å². The van der Waals surface area contributed by atoms with Crippen molar-refractivity contribution in [2.75, 3.05) is 10.6 Å². The first kappa shape index (κ1) is 22.2.